The monoisotopic (exact) mass is 193 g/mol. The van der Waals surface area contributed by atoms with Gasteiger partial charge in [-0.05, 0) is 20.8 Å². The highest BCUT2D eigenvalue weighted by molar-refractivity contribution is 5.85. The van der Waals surface area contributed by atoms with Crippen molar-refractivity contribution in [1.82, 2.24) is 5.32 Å². The van der Waals surface area contributed by atoms with Crippen LogP contribution in [-0.4, -0.2) is 25.2 Å². The number of carbonyl (C=O) groups excluding carboxylic acids is 1. The van der Waals surface area contributed by atoms with Crippen LogP contribution in [0.4, 0.5) is 0 Å². The van der Waals surface area contributed by atoms with Crippen molar-refractivity contribution in [3.05, 3.63) is 0 Å². The van der Waals surface area contributed by atoms with E-state index in [-0.39, 0.29) is 29.9 Å². The Morgan fingerprint density at radius 2 is 1.92 bits per heavy atom. The lowest BCUT2D eigenvalue weighted by atomic mass is 9.97. The third kappa shape index (κ3) is 2.99. The van der Waals surface area contributed by atoms with Crippen LogP contribution in [0.5, 0.6) is 0 Å². The molecule has 1 fully saturated rings. The molecule has 0 atom stereocenters. The molecule has 0 unspecified atom stereocenters. The van der Waals surface area contributed by atoms with Gasteiger partial charge < -0.3 is 10.1 Å². The van der Waals surface area contributed by atoms with E-state index in [2.05, 4.69) is 5.32 Å². The van der Waals surface area contributed by atoms with E-state index in [0.29, 0.717) is 0 Å². The van der Waals surface area contributed by atoms with Crippen molar-refractivity contribution in [2.75, 3.05) is 13.1 Å². The summed E-state index contributed by atoms with van der Waals surface area (Å²) in [5.74, 6) is -0.107. The van der Waals surface area contributed by atoms with Crippen molar-refractivity contribution in [1.29, 1.82) is 0 Å². The molecule has 0 aromatic rings. The Kier molecular flexibility index (Phi) is 4.00. The van der Waals surface area contributed by atoms with Crippen LogP contribution in [0.3, 0.4) is 0 Å². The van der Waals surface area contributed by atoms with Gasteiger partial charge in [-0.3, -0.25) is 4.79 Å². The van der Waals surface area contributed by atoms with Gasteiger partial charge in [0, 0.05) is 13.1 Å². The summed E-state index contributed by atoms with van der Waals surface area (Å²) in [6, 6.07) is 0. The van der Waals surface area contributed by atoms with Crippen LogP contribution in [0, 0.1) is 5.41 Å². The topological polar surface area (TPSA) is 38.3 Å². The zero-order valence-corrected chi connectivity index (χ0v) is 8.53. The summed E-state index contributed by atoms with van der Waals surface area (Å²) in [4.78, 5) is 11.2. The molecule has 1 saturated heterocycles. The van der Waals surface area contributed by atoms with Crippen LogP contribution in [0.1, 0.15) is 20.8 Å². The van der Waals surface area contributed by atoms with Crippen LogP contribution >= 0.6 is 12.4 Å². The molecule has 4 heteroatoms. The maximum Gasteiger partial charge on any atom is 0.311 e. The summed E-state index contributed by atoms with van der Waals surface area (Å²) in [5.41, 5.74) is -0.365. The first-order valence-electron chi connectivity index (χ1n) is 3.92. The van der Waals surface area contributed by atoms with E-state index in [0.717, 1.165) is 13.1 Å². The van der Waals surface area contributed by atoms with Crippen molar-refractivity contribution in [2.45, 2.75) is 26.9 Å². The number of rotatable bonds is 1. The number of nitrogens with one attached hydrogen (secondary N) is 1. The SMILES string of the molecule is CC(C)(C)C(=O)OC1CNC1.Cl. The molecule has 0 radical (unpaired) electrons. The number of carbonyl (C=O) groups is 1. The molecule has 0 spiro atoms. The van der Waals surface area contributed by atoms with E-state index in [1.807, 2.05) is 20.8 Å². The summed E-state index contributed by atoms with van der Waals surface area (Å²) in [7, 11) is 0. The molecule has 1 rings (SSSR count). The van der Waals surface area contributed by atoms with Gasteiger partial charge >= 0.3 is 5.97 Å². The van der Waals surface area contributed by atoms with Crippen LogP contribution in [0.25, 0.3) is 0 Å². The zero-order valence-electron chi connectivity index (χ0n) is 7.72. The minimum absolute atomic E-state index is 0. The third-order valence-corrected chi connectivity index (χ3v) is 1.63. The van der Waals surface area contributed by atoms with Crippen molar-refractivity contribution < 1.29 is 9.53 Å². The second-order valence-electron chi connectivity index (χ2n) is 3.94. The number of esters is 1. The lowest BCUT2D eigenvalue weighted by Gasteiger charge is -2.29. The molecule has 1 N–H and O–H groups in total. The Balaban J connectivity index is 0.00000121. The average molecular weight is 194 g/mol. The summed E-state index contributed by atoms with van der Waals surface area (Å²) < 4.78 is 5.15. The van der Waals surface area contributed by atoms with Gasteiger partial charge in [-0.25, -0.2) is 0 Å². The number of hydrogen-bond acceptors (Lipinski definition) is 3. The van der Waals surface area contributed by atoms with Gasteiger partial charge in [0.15, 0.2) is 0 Å². The first-order valence-corrected chi connectivity index (χ1v) is 3.92. The van der Waals surface area contributed by atoms with E-state index in [1.165, 1.54) is 0 Å². The molecular formula is C8H16ClNO2. The van der Waals surface area contributed by atoms with Crippen LogP contribution in [0.2, 0.25) is 0 Å². The Morgan fingerprint density at radius 1 is 1.42 bits per heavy atom. The molecule has 0 aromatic heterocycles. The molecule has 0 bridgehead atoms. The third-order valence-electron chi connectivity index (χ3n) is 1.63. The predicted octanol–water partition coefficient (Wildman–Crippen LogP) is 0.969. The van der Waals surface area contributed by atoms with Crippen molar-refractivity contribution in [3.63, 3.8) is 0 Å². The van der Waals surface area contributed by atoms with Crippen molar-refractivity contribution in [3.8, 4) is 0 Å². The fourth-order valence-corrected chi connectivity index (χ4v) is 0.674. The second kappa shape index (κ2) is 4.10. The Bertz CT molecular complexity index is 161. The highest BCUT2D eigenvalue weighted by atomic mass is 35.5. The Labute approximate surface area is 79.3 Å². The maximum atomic E-state index is 11.2. The minimum atomic E-state index is -0.365. The molecule has 0 amide bonds. The quantitative estimate of drug-likeness (QED) is 0.631. The van der Waals surface area contributed by atoms with Crippen LogP contribution < -0.4 is 5.32 Å². The largest absolute Gasteiger partial charge is 0.459 e. The van der Waals surface area contributed by atoms with Crippen LogP contribution in [-0.2, 0) is 9.53 Å². The molecule has 72 valence electrons. The Morgan fingerprint density at radius 3 is 2.17 bits per heavy atom. The summed E-state index contributed by atoms with van der Waals surface area (Å²) in [5, 5.41) is 3.04. The minimum Gasteiger partial charge on any atom is -0.459 e. The van der Waals surface area contributed by atoms with Crippen molar-refractivity contribution in [2.24, 2.45) is 5.41 Å². The smallest absolute Gasteiger partial charge is 0.311 e. The first kappa shape index (κ1) is 11.7. The van der Waals surface area contributed by atoms with Gasteiger partial charge in [-0.1, -0.05) is 0 Å². The second-order valence-corrected chi connectivity index (χ2v) is 3.94. The standard InChI is InChI=1S/C8H15NO2.ClH/c1-8(2,3)7(10)11-6-4-9-5-6;/h6,9H,4-5H2,1-3H3;1H. The highest BCUT2D eigenvalue weighted by Crippen LogP contribution is 2.16. The fraction of sp³-hybridized carbons (Fsp3) is 0.875. The van der Waals surface area contributed by atoms with Gasteiger partial charge in [0.05, 0.1) is 5.41 Å². The summed E-state index contributed by atoms with van der Waals surface area (Å²) >= 11 is 0. The Hall–Kier alpha value is -0.280. The molecule has 3 nitrogen and oxygen atoms in total. The molecule has 1 aliphatic heterocycles. The van der Waals surface area contributed by atoms with Gasteiger partial charge in [-0.15, -0.1) is 12.4 Å². The molecule has 0 aliphatic carbocycles. The van der Waals surface area contributed by atoms with E-state index >= 15 is 0 Å². The average Bonchev–Trinajstić information content (AvgIpc) is 1.75. The normalized spacial score (nSPS) is 17.6. The maximum absolute atomic E-state index is 11.2. The highest BCUT2D eigenvalue weighted by Gasteiger charge is 2.28. The molecule has 12 heavy (non-hydrogen) atoms. The zero-order chi connectivity index (χ0) is 8.48. The number of hydrogen-bond donors (Lipinski definition) is 1. The van der Waals surface area contributed by atoms with Crippen LogP contribution in [0.15, 0.2) is 0 Å². The predicted molar refractivity (Wildman–Crippen MR) is 49.5 cm³/mol. The molecule has 1 aliphatic rings. The lowest BCUT2D eigenvalue weighted by Crippen LogP contribution is -2.50. The molecule has 0 aromatic carbocycles. The molecule has 0 saturated carbocycles. The lowest BCUT2D eigenvalue weighted by molar-refractivity contribution is -0.160. The van der Waals surface area contributed by atoms with E-state index in [4.69, 9.17) is 4.74 Å². The van der Waals surface area contributed by atoms with Gasteiger partial charge in [0.25, 0.3) is 0 Å². The summed E-state index contributed by atoms with van der Waals surface area (Å²) in [6.07, 6.45) is 0.113. The van der Waals surface area contributed by atoms with E-state index in [9.17, 15) is 4.79 Å². The van der Waals surface area contributed by atoms with E-state index < -0.39 is 0 Å². The fourth-order valence-electron chi connectivity index (χ4n) is 0.674. The van der Waals surface area contributed by atoms with Gasteiger partial charge in [0.1, 0.15) is 6.10 Å². The summed E-state index contributed by atoms with van der Waals surface area (Å²) in [6.45, 7) is 7.20. The van der Waals surface area contributed by atoms with E-state index in [1.54, 1.807) is 0 Å². The van der Waals surface area contributed by atoms with Gasteiger partial charge in [-0.2, -0.15) is 0 Å². The molecule has 1 heterocycles. The van der Waals surface area contributed by atoms with Crippen molar-refractivity contribution >= 4 is 18.4 Å². The molecular weight excluding hydrogens is 178 g/mol. The number of halogens is 1. The number of ether oxygens (including phenoxy) is 1. The van der Waals surface area contributed by atoms with Gasteiger partial charge in [0.2, 0.25) is 0 Å². The first-order chi connectivity index (χ1) is 5.00.